The fourth-order valence-corrected chi connectivity index (χ4v) is 3.65. The minimum absolute atomic E-state index is 0.00783. The molecule has 0 bridgehead atoms. The average Bonchev–Trinajstić information content (AvgIpc) is 3.15. The lowest BCUT2D eigenvalue weighted by atomic mass is 10.2. The van der Waals surface area contributed by atoms with E-state index >= 15 is 0 Å². The molecule has 2 aromatic rings. The number of halogens is 1. The van der Waals surface area contributed by atoms with Gasteiger partial charge in [-0.3, -0.25) is 9.69 Å². The fourth-order valence-electron chi connectivity index (χ4n) is 2.83. The lowest BCUT2D eigenvalue weighted by Crippen LogP contribution is -2.50. The normalized spacial score (nSPS) is 16.8. The summed E-state index contributed by atoms with van der Waals surface area (Å²) in [5, 5.41) is 2.10. The zero-order valence-corrected chi connectivity index (χ0v) is 14.5. The number of rotatable bonds is 5. The molecular weight excluding hydrogens is 327 g/mol. The van der Waals surface area contributed by atoms with E-state index in [0.717, 1.165) is 13.1 Å². The van der Waals surface area contributed by atoms with Crippen molar-refractivity contribution in [3.8, 4) is 5.75 Å². The van der Waals surface area contributed by atoms with E-state index in [-0.39, 0.29) is 18.3 Å². The molecule has 1 aromatic heterocycles. The molecule has 1 saturated heterocycles. The molecule has 0 saturated carbocycles. The maximum absolute atomic E-state index is 12.8. The van der Waals surface area contributed by atoms with Crippen LogP contribution in [-0.4, -0.2) is 48.5 Å². The van der Waals surface area contributed by atoms with Gasteiger partial charge in [0.05, 0.1) is 0 Å². The molecule has 1 aliphatic heterocycles. The topological polar surface area (TPSA) is 32.8 Å². The summed E-state index contributed by atoms with van der Waals surface area (Å²) >= 11 is 1.77. The third-order valence-corrected chi connectivity index (χ3v) is 5.39. The van der Waals surface area contributed by atoms with Gasteiger partial charge in [0.15, 0.2) is 6.61 Å². The third kappa shape index (κ3) is 4.13. The van der Waals surface area contributed by atoms with Crippen molar-refractivity contribution in [2.24, 2.45) is 0 Å². The van der Waals surface area contributed by atoms with Gasteiger partial charge in [0.1, 0.15) is 11.6 Å². The summed E-state index contributed by atoms with van der Waals surface area (Å²) in [6, 6.07) is 10.3. The highest BCUT2D eigenvalue weighted by molar-refractivity contribution is 7.10. The molecule has 1 amide bonds. The van der Waals surface area contributed by atoms with Crippen LogP contribution >= 0.6 is 11.3 Å². The molecule has 4 nitrogen and oxygen atoms in total. The molecule has 1 atom stereocenters. The summed E-state index contributed by atoms with van der Waals surface area (Å²) in [7, 11) is 0. The van der Waals surface area contributed by atoms with Gasteiger partial charge >= 0.3 is 0 Å². The molecule has 3 rings (SSSR count). The van der Waals surface area contributed by atoms with E-state index in [0.29, 0.717) is 24.9 Å². The minimum Gasteiger partial charge on any atom is -0.484 e. The van der Waals surface area contributed by atoms with Crippen LogP contribution in [0.2, 0.25) is 0 Å². The summed E-state index contributed by atoms with van der Waals surface area (Å²) in [5.41, 5.74) is 0. The number of nitrogens with zero attached hydrogens (tertiary/aromatic N) is 2. The Kier molecular flexibility index (Phi) is 5.48. The Bertz CT molecular complexity index is 652. The number of hydrogen-bond acceptors (Lipinski definition) is 4. The van der Waals surface area contributed by atoms with Crippen LogP contribution in [0.15, 0.2) is 41.8 Å². The Labute approximate surface area is 145 Å². The first-order valence-electron chi connectivity index (χ1n) is 8.07. The van der Waals surface area contributed by atoms with Crippen LogP contribution in [0, 0.1) is 5.82 Å². The van der Waals surface area contributed by atoms with Crippen molar-refractivity contribution in [3.05, 3.63) is 52.5 Å². The van der Waals surface area contributed by atoms with Crippen molar-refractivity contribution in [3.63, 3.8) is 0 Å². The van der Waals surface area contributed by atoms with Gasteiger partial charge in [0.25, 0.3) is 5.91 Å². The maximum Gasteiger partial charge on any atom is 0.260 e. The van der Waals surface area contributed by atoms with E-state index in [2.05, 4.69) is 29.3 Å². The van der Waals surface area contributed by atoms with Gasteiger partial charge in [-0.1, -0.05) is 6.07 Å². The molecule has 6 heteroatoms. The van der Waals surface area contributed by atoms with Crippen LogP contribution in [0.1, 0.15) is 17.8 Å². The van der Waals surface area contributed by atoms with E-state index < -0.39 is 0 Å². The first-order valence-corrected chi connectivity index (χ1v) is 8.95. The van der Waals surface area contributed by atoms with Crippen molar-refractivity contribution >= 4 is 17.2 Å². The Balaban J connectivity index is 1.45. The van der Waals surface area contributed by atoms with Crippen LogP contribution in [0.5, 0.6) is 5.75 Å². The lowest BCUT2D eigenvalue weighted by molar-refractivity contribution is -0.135. The Hall–Kier alpha value is -1.92. The van der Waals surface area contributed by atoms with Gasteiger partial charge in [0, 0.05) is 37.1 Å². The number of piperazine rings is 1. The summed E-state index contributed by atoms with van der Waals surface area (Å²) in [4.78, 5) is 17.8. The van der Waals surface area contributed by atoms with Gasteiger partial charge in [-0.25, -0.2) is 4.39 Å². The predicted molar refractivity (Wildman–Crippen MR) is 92.8 cm³/mol. The minimum atomic E-state index is -0.315. The SMILES string of the molecule is CC(c1cccs1)N1CCN(C(=O)COc2ccc(F)cc2)CC1. The molecule has 128 valence electrons. The molecule has 2 heterocycles. The van der Waals surface area contributed by atoms with Gasteiger partial charge < -0.3 is 9.64 Å². The quantitative estimate of drug-likeness (QED) is 0.832. The van der Waals surface area contributed by atoms with Crippen LogP contribution < -0.4 is 4.74 Å². The Morgan fingerprint density at radius 3 is 2.54 bits per heavy atom. The van der Waals surface area contributed by atoms with Crippen LogP contribution in [0.4, 0.5) is 4.39 Å². The Morgan fingerprint density at radius 1 is 1.21 bits per heavy atom. The maximum atomic E-state index is 12.8. The molecule has 1 fully saturated rings. The van der Waals surface area contributed by atoms with Gasteiger partial charge in [-0.2, -0.15) is 0 Å². The van der Waals surface area contributed by atoms with Crippen molar-refractivity contribution in [1.82, 2.24) is 9.80 Å². The number of carbonyl (C=O) groups is 1. The Morgan fingerprint density at radius 2 is 1.92 bits per heavy atom. The zero-order valence-electron chi connectivity index (χ0n) is 13.7. The van der Waals surface area contributed by atoms with Crippen LogP contribution in [-0.2, 0) is 4.79 Å². The van der Waals surface area contributed by atoms with Gasteiger partial charge in [0.2, 0.25) is 0 Å². The molecule has 0 radical (unpaired) electrons. The van der Waals surface area contributed by atoms with Gasteiger partial charge in [-0.05, 0) is 42.6 Å². The van der Waals surface area contributed by atoms with Crippen LogP contribution in [0.25, 0.3) is 0 Å². The number of thiophene rings is 1. The molecule has 24 heavy (non-hydrogen) atoms. The highest BCUT2D eigenvalue weighted by atomic mass is 32.1. The standard InChI is InChI=1S/C18H21FN2O2S/c1-14(17-3-2-12-24-17)20-8-10-21(11-9-20)18(22)13-23-16-6-4-15(19)5-7-16/h2-7,12,14H,8-11,13H2,1H3. The smallest absolute Gasteiger partial charge is 0.260 e. The number of benzene rings is 1. The van der Waals surface area contributed by atoms with Crippen molar-refractivity contribution in [2.45, 2.75) is 13.0 Å². The summed E-state index contributed by atoms with van der Waals surface area (Å²) in [6.07, 6.45) is 0. The van der Waals surface area contributed by atoms with E-state index in [1.807, 2.05) is 4.90 Å². The second kappa shape index (κ2) is 7.77. The number of ether oxygens (including phenoxy) is 1. The fraction of sp³-hybridized carbons (Fsp3) is 0.389. The molecule has 0 spiro atoms. The summed E-state index contributed by atoms with van der Waals surface area (Å²) in [6.45, 7) is 5.35. The number of carbonyl (C=O) groups excluding carboxylic acids is 1. The number of amides is 1. The summed E-state index contributed by atoms with van der Waals surface area (Å²) in [5.74, 6) is 0.169. The largest absolute Gasteiger partial charge is 0.484 e. The second-order valence-electron chi connectivity index (χ2n) is 5.85. The summed E-state index contributed by atoms with van der Waals surface area (Å²) < 4.78 is 18.3. The van der Waals surface area contributed by atoms with E-state index in [1.54, 1.807) is 11.3 Å². The number of hydrogen-bond donors (Lipinski definition) is 0. The van der Waals surface area contributed by atoms with Crippen molar-refractivity contribution in [1.29, 1.82) is 0 Å². The van der Waals surface area contributed by atoms with Crippen molar-refractivity contribution < 1.29 is 13.9 Å². The highest BCUT2D eigenvalue weighted by Crippen LogP contribution is 2.25. The third-order valence-electron chi connectivity index (χ3n) is 4.35. The van der Waals surface area contributed by atoms with Crippen molar-refractivity contribution in [2.75, 3.05) is 32.8 Å². The van der Waals surface area contributed by atoms with Gasteiger partial charge in [-0.15, -0.1) is 11.3 Å². The predicted octanol–water partition coefficient (Wildman–Crippen LogP) is 3.17. The molecule has 1 aliphatic rings. The van der Waals surface area contributed by atoms with E-state index in [4.69, 9.17) is 4.74 Å². The average molecular weight is 348 g/mol. The second-order valence-corrected chi connectivity index (χ2v) is 6.83. The highest BCUT2D eigenvalue weighted by Gasteiger charge is 2.25. The molecule has 0 N–H and O–H groups in total. The van der Waals surface area contributed by atoms with E-state index in [1.165, 1.54) is 29.1 Å². The van der Waals surface area contributed by atoms with Crippen LogP contribution in [0.3, 0.4) is 0 Å². The first kappa shape index (κ1) is 16.9. The van der Waals surface area contributed by atoms with E-state index in [9.17, 15) is 9.18 Å². The monoisotopic (exact) mass is 348 g/mol. The molecule has 0 aliphatic carbocycles. The lowest BCUT2D eigenvalue weighted by Gasteiger charge is -2.37. The first-order chi connectivity index (χ1) is 11.6. The zero-order chi connectivity index (χ0) is 16.9. The molecule has 1 unspecified atom stereocenters. The molecular formula is C18H21FN2O2S. The molecule has 1 aromatic carbocycles.